The zero-order chi connectivity index (χ0) is 20.3. The van der Waals surface area contributed by atoms with Crippen molar-refractivity contribution in [3.05, 3.63) is 125 Å². The van der Waals surface area contributed by atoms with Gasteiger partial charge >= 0.3 is 0 Å². The fourth-order valence-corrected chi connectivity index (χ4v) is 4.20. The summed E-state index contributed by atoms with van der Waals surface area (Å²) in [5, 5.41) is 14.8. The van der Waals surface area contributed by atoms with Crippen molar-refractivity contribution in [1.29, 1.82) is 0 Å². The molecule has 0 spiro atoms. The van der Waals surface area contributed by atoms with Crippen LogP contribution in [0.4, 0.5) is 0 Å². The Kier molecular flexibility index (Phi) is 5.48. The molecule has 0 atom stereocenters. The van der Waals surface area contributed by atoms with Crippen molar-refractivity contribution in [1.82, 2.24) is 4.90 Å². The van der Waals surface area contributed by atoms with Crippen molar-refractivity contribution >= 4 is 5.57 Å². The van der Waals surface area contributed by atoms with Gasteiger partial charge in [0.1, 0.15) is 0 Å². The van der Waals surface area contributed by atoms with Crippen molar-refractivity contribution in [3.63, 3.8) is 0 Å². The fraction of sp³-hybridized carbons (Fsp3) is 0.185. The zero-order valence-corrected chi connectivity index (χ0v) is 17.0. The van der Waals surface area contributed by atoms with Crippen molar-refractivity contribution in [2.75, 3.05) is 20.6 Å². The molecule has 1 aliphatic rings. The summed E-state index contributed by atoms with van der Waals surface area (Å²) in [4.78, 5) is 2.17. The van der Waals surface area contributed by atoms with Gasteiger partial charge in [0.05, 0.1) is 0 Å². The van der Waals surface area contributed by atoms with Crippen molar-refractivity contribution in [2.24, 2.45) is 0 Å². The first-order valence-corrected chi connectivity index (χ1v) is 10.1. The molecule has 0 saturated heterocycles. The zero-order valence-electron chi connectivity index (χ0n) is 17.0. The van der Waals surface area contributed by atoms with E-state index in [1.165, 1.54) is 11.1 Å². The Balaban J connectivity index is 1.95. The first kappa shape index (κ1) is 19.4. The maximum atomic E-state index is 14.8. The maximum Gasteiger partial charge on any atom is 0.179 e. The number of rotatable bonds is 6. The van der Waals surface area contributed by atoms with Crippen LogP contribution in [0.15, 0.2) is 103 Å². The third-order valence-corrected chi connectivity index (χ3v) is 5.51. The predicted octanol–water partition coefficient (Wildman–Crippen LogP) is 5.68. The summed E-state index contributed by atoms with van der Waals surface area (Å²) in [5.41, 5.74) is 4.45. The molecular formula is C27H26NO. The van der Waals surface area contributed by atoms with Crippen LogP contribution in [-0.2, 0) is 10.7 Å². The molecule has 29 heavy (non-hydrogen) atoms. The third-order valence-electron chi connectivity index (χ3n) is 5.51. The van der Waals surface area contributed by atoms with Gasteiger partial charge in [0.15, 0.2) is 5.60 Å². The minimum Gasteiger partial charge on any atom is -0.305 e. The van der Waals surface area contributed by atoms with Gasteiger partial charge in [-0.15, -0.1) is 0 Å². The lowest BCUT2D eigenvalue weighted by atomic mass is 9.77. The largest absolute Gasteiger partial charge is 0.305 e. The molecule has 0 aromatic heterocycles. The SMILES string of the molecule is CN(C)CC1=C(c2ccccc2C([O])(c2ccccc2)c2ccccc2)CC=C1. The Morgan fingerprint density at radius 3 is 1.93 bits per heavy atom. The monoisotopic (exact) mass is 380 g/mol. The molecule has 0 N–H and O–H groups in total. The number of allylic oxidation sites excluding steroid dienone is 2. The van der Waals surface area contributed by atoms with Gasteiger partial charge in [-0.1, -0.05) is 97.1 Å². The average Bonchev–Trinajstić information content (AvgIpc) is 3.21. The molecule has 0 fully saturated rings. The predicted molar refractivity (Wildman–Crippen MR) is 119 cm³/mol. The second-order valence-electron chi connectivity index (χ2n) is 7.81. The van der Waals surface area contributed by atoms with E-state index in [0.717, 1.165) is 35.2 Å². The summed E-state index contributed by atoms with van der Waals surface area (Å²) < 4.78 is 0. The van der Waals surface area contributed by atoms with E-state index in [0.29, 0.717) is 0 Å². The quantitative estimate of drug-likeness (QED) is 0.504. The molecule has 1 aliphatic carbocycles. The second-order valence-corrected chi connectivity index (χ2v) is 7.81. The molecule has 0 heterocycles. The molecule has 2 nitrogen and oxygen atoms in total. The summed E-state index contributed by atoms with van der Waals surface area (Å²) in [5.74, 6) is 0. The van der Waals surface area contributed by atoms with Gasteiger partial charge in [-0.3, -0.25) is 0 Å². The molecular weight excluding hydrogens is 354 g/mol. The Morgan fingerprint density at radius 2 is 1.34 bits per heavy atom. The Morgan fingerprint density at radius 1 is 0.793 bits per heavy atom. The Hall–Kier alpha value is -2.94. The molecule has 0 amide bonds. The molecule has 145 valence electrons. The maximum absolute atomic E-state index is 14.8. The van der Waals surface area contributed by atoms with Gasteiger partial charge in [-0.2, -0.15) is 0 Å². The van der Waals surface area contributed by atoms with Gasteiger partial charge < -0.3 is 4.90 Å². The van der Waals surface area contributed by atoms with E-state index in [-0.39, 0.29) is 0 Å². The standard InChI is InChI=1S/C27H26NO/c1-28(2)20-21-12-11-18-24(21)25-17-9-10-19-26(25)27(29,22-13-5-3-6-14-22)23-15-7-4-8-16-23/h3-17,19H,18,20H2,1-2H3. The van der Waals surface area contributed by atoms with Gasteiger partial charge in [-0.25, -0.2) is 5.11 Å². The van der Waals surface area contributed by atoms with Gasteiger partial charge in [0, 0.05) is 12.1 Å². The van der Waals surface area contributed by atoms with Crippen LogP contribution in [0.5, 0.6) is 0 Å². The number of hydrogen-bond donors (Lipinski definition) is 0. The van der Waals surface area contributed by atoms with Crippen molar-refractivity contribution in [3.8, 4) is 0 Å². The van der Waals surface area contributed by atoms with E-state index in [1.54, 1.807) is 0 Å². The van der Waals surface area contributed by atoms with E-state index < -0.39 is 5.60 Å². The van der Waals surface area contributed by atoms with Crippen LogP contribution in [0.25, 0.3) is 5.57 Å². The molecule has 0 aliphatic heterocycles. The van der Waals surface area contributed by atoms with Crippen LogP contribution >= 0.6 is 0 Å². The van der Waals surface area contributed by atoms with Crippen LogP contribution in [0.3, 0.4) is 0 Å². The number of hydrogen-bond acceptors (Lipinski definition) is 1. The number of likely N-dealkylation sites (N-methyl/N-ethyl adjacent to an activating group) is 1. The van der Waals surface area contributed by atoms with Crippen molar-refractivity contribution < 1.29 is 5.11 Å². The average molecular weight is 381 g/mol. The molecule has 3 aromatic carbocycles. The summed E-state index contributed by atoms with van der Waals surface area (Å²) in [6, 6.07) is 27.6. The Labute approximate surface area is 173 Å². The van der Waals surface area contributed by atoms with E-state index in [9.17, 15) is 5.11 Å². The van der Waals surface area contributed by atoms with Crippen LogP contribution in [0, 0.1) is 0 Å². The second kappa shape index (κ2) is 8.20. The number of benzene rings is 3. The highest BCUT2D eigenvalue weighted by molar-refractivity contribution is 5.78. The molecule has 2 heteroatoms. The van der Waals surface area contributed by atoms with E-state index in [1.807, 2.05) is 78.9 Å². The van der Waals surface area contributed by atoms with Gasteiger partial charge in [0.2, 0.25) is 0 Å². The molecule has 0 saturated carbocycles. The third kappa shape index (κ3) is 3.69. The lowest BCUT2D eigenvalue weighted by molar-refractivity contribution is 0.0408. The lowest BCUT2D eigenvalue weighted by Crippen LogP contribution is -2.28. The summed E-state index contributed by atoms with van der Waals surface area (Å²) in [6.45, 7) is 0.864. The molecule has 3 aromatic rings. The highest BCUT2D eigenvalue weighted by Crippen LogP contribution is 2.42. The molecule has 0 bridgehead atoms. The van der Waals surface area contributed by atoms with Gasteiger partial charge in [-0.05, 0) is 48.4 Å². The van der Waals surface area contributed by atoms with E-state index in [2.05, 4.69) is 37.2 Å². The summed E-state index contributed by atoms with van der Waals surface area (Å²) in [7, 11) is 4.16. The molecule has 1 radical (unpaired) electrons. The van der Waals surface area contributed by atoms with Crippen LogP contribution < -0.4 is 0 Å². The normalized spacial score (nSPS) is 14.1. The van der Waals surface area contributed by atoms with Crippen LogP contribution in [0.1, 0.15) is 28.7 Å². The van der Waals surface area contributed by atoms with Crippen molar-refractivity contribution in [2.45, 2.75) is 12.0 Å². The molecule has 0 unspecified atom stereocenters. The van der Waals surface area contributed by atoms with Crippen LogP contribution in [-0.4, -0.2) is 25.5 Å². The topological polar surface area (TPSA) is 23.1 Å². The minimum absolute atomic E-state index is 0.763. The highest BCUT2D eigenvalue weighted by atomic mass is 16.3. The molecule has 4 rings (SSSR count). The van der Waals surface area contributed by atoms with E-state index >= 15 is 0 Å². The smallest absolute Gasteiger partial charge is 0.179 e. The Bertz CT molecular complexity index is 993. The van der Waals surface area contributed by atoms with Crippen LogP contribution in [0.2, 0.25) is 0 Å². The fourth-order valence-electron chi connectivity index (χ4n) is 4.20. The minimum atomic E-state index is -1.47. The van der Waals surface area contributed by atoms with Gasteiger partial charge in [0.25, 0.3) is 0 Å². The lowest BCUT2D eigenvalue weighted by Gasteiger charge is -2.30. The van der Waals surface area contributed by atoms with E-state index in [4.69, 9.17) is 0 Å². The number of nitrogens with zero attached hydrogens (tertiary/aromatic N) is 1. The summed E-state index contributed by atoms with van der Waals surface area (Å²) >= 11 is 0. The summed E-state index contributed by atoms with van der Waals surface area (Å²) in [6.07, 6.45) is 5.26. The highest BCUT2D eigenvalue weighted by Gasteiger charge is 2.38. The first-order valence-electron chi connectivity index (χ1n) is 10.1. The first-order chi connectivity index (χ1) is 14.1.